The van der Waals surface area contributed by atoms with E-state index in [2.05, 4.69) is 11.4 Å². The second-order valence-corrected chi connectivity index (χ2v) is 9.76. The first-order valence-corrected chi connectivity index (χ1v) is 12.2. The Morgan fingerprint density at radius 3 is 2.48 bits per heavy atom. The standard InChI is InChI=1S/C26H32Cl2N2O3/c1-16-11-17(2)18(3)24(12-16)33-15-25(31)30(14-20-9-10-21(27)13-23(20)28)19(4)26(32)29-22-7-5-6-8-22/h9-13,19,22H,5-8,14-15H2,1-4H3,(H,29,32). The van der Waals surface area contributed by atoms with Crippen molar-refractivity contribution < 1.29 is 14.3 Å². The number of hydrogen-bond acceptors (Lipinski definition) is 3. The van der Waals surface area contributed by atoms with E-state index in [0.29, 0.717) is 15.8 Å². The molecule has 0 heterocycles. The quantitative estimate of drug-likeness (QED) is 0.510. The number of halogens is 2. The highest BCUT2D eigenvalue weighted by atomic mass is 35.5. The van der Waals surface area contributed by atoms with Crippen LogP contribution in [0.1, 0.15) is 54.9 Å². The van der Waals surface area contributed by atoms with Crippen LogP contribution in [0.4, 0.5) is 0 Å². The molecule has 0 spiro atoms. The molecule has 2 aromatic rings. The third-order valence-corrected chi connectivity index (χ3v) is 6.93. The van der Waals surface area contributed by atoms with Crippen LogP contribution in [-0.4, -0.2) is 35.4 Å². The van der Waals surface area contributed by atoms with Crippen LogP contribution in [0.5, 0.6) is 5.75 Å². The summed E-state index contributed by atoms with van der Waals surface area (Å²) in [5.74, 6) is 0.227. The van der Waals surface area contributed by atoms with Crippen LogP contribution in [0.3, 0.4) is 0 Å². The molecule has 2 amide bonds. The topological polar surface area (TPSA) is 58.6 Å². The Bertz CT molecular complexity index is 1020. The monoisotopic (exact) mass is 490 g/mol. The van der Waals surface area contributed by atoms with Crippen molar-refractivity contribution in [1.82, 2.24) is 10.2 Å². The van der Waals surface area contributed by atoms with Gasteiger partial charge in [0, 0.05) is 22.6 Å². The van der Waals surface area contributed by atoms with Crippen molar-refractivity contribution in [2.75, 3.05) is 6.61 Å². The van der Waals surface area contributed by atoms with Gasteiger partial charge in [0.05, 0.1) is 0 Å². The van der Waals surface area contributed by atoms with Gasteiger partial charge in [-0.2, -0.15) is 0 Å². The average molecular weight is 491 g/mol. The lowest BCUT2D eigenvalue weighted by atomic mass is 10.1. The van der Waals surface area contributed by atoms with E-state index in [4.69, 9.17) is 27.9 Å². The molecule has 1 N–H and O–H groups in total. The smallest absolute Gasteiger partial charge is 0.261 e. The van der Waals surface area contributed by atoms with Gasteiger partial charge >= 0.3 is 0 Å². The van der Waals surface area contributed by atoms with Gasteiger partial charge in [0.1, 0.15) is 11.8 Å². The summed E-state index contributed by atoms with van der Waals surface area (Å²) < 4.78 is 5.91. The molecule has 3 rings (SSSR count). The zero-order valence-corrected chi connectivity index (χ0v) is 21.2. The molecule has 7 heteroatoms. The van der Waals surface area contributed by atoms with Crippen molar-refractivity contribution in [2.24, 2.45) is 0 Å². The van der Waals surface area contributed by atoms with E-state index in [1.54, 1.807) is 25.1 Å². The van der Waals surface area contributed by atoms with Crippen LogP contribution < -0.4 is 10.1 Å². The number of aryl methyl sites for hydroxylation is 2. The van der Waals surface area contributed by atoms with Crippen molar-refractivity contribution in [3.05, 3.63) is 62.6 Å². The van der Waals surface area contributed by atoms with Gasteiger partial charge in [0.25, 0.3) is 5.91 Å². The predicted molar refractivity (Wildman–Crippen MR) is 133 cm³/mol. The first-order valence-electron chi connectivity index (χ1n) is 11.4. The van der Waals surface area contributed by atoms with Crippen molar-refractivity contribution in [3.63, 3.8) is 0 Å². The fourth-order valence-corrected chi connectivity index (χ4v) is 4.65. The Morgan fingerprint density at radius 2 is 1.82 bits per heavy atom. The minimum absolute atomic E-state index is 0.164. The first-order chi connectivity index (χ1) is 15.7. The predicted octanol–water partition coefficient (Wildman–Crippen LogP) is 5.77. The summed E-state index contributed by atoms with van der Waals surface area (Å²) in [6, 6.07) is 8.64. The van der Waals surface area contributed by atoms with Gasteiger partial charge in [-0.25, -0.2) is 0 Å². The Morgan fingerprint density at radius 1 is 1.12 bits per heavy atom. The second-order valence-electron chi connectivity index (χ2n) is 8.92. The maximum atomic E-state index is 13.3. The lowest BCUT2D eigenvalue weighted by Crippen LogP contribution is -2.50. The SMILES string of the molecule is Cc1cc(C)c(C)c(OCC(=O)N(Cc2ccc(Cl)cc2Cl)C(C)C(=O)NC2CCCC2)c1. The van der Waals surface area contributed by atoms with Crippen LogP contribution in [0.15, 0.2) is 30.3 Å². The molecule has 1 fully saturated rings. The van der Waals surface area contributed by atoms with Gasteiger partial charge in [-0.15, -0.1) is 0 Å². The third kappa shape index (κ3) is 6.64. The van der Waals surface area contributed by atoms with E-state index in [1.807, 2.05) is 26.8 Å². The maximum absolute atomic E-state index is 13.3. The zero-order chi connectivity index (χ0) is 24.1. The van der Waals surface area contributed by atoms with Crippen LogP contribution in [0.2, 0.25) is 10.0 Å². The molecule has 1 aliphatic rings. The van der Waals surface area contributed by atoms with Crippen molar-refractivity contribution in [3.8, 4) is 5.75 Å². The lowest BCUT2D eigenvalue weighted by Gasteiger charge is -2.30. The lowest BCUT2D eigenvalue weighted by molar-refractivity contribution is -0.142. The number of nitrogens with zero attached hydrogens (tertiary/aromatic N) is 1. The molecule has 0 aromatic heterocycles. The molecular formula is C26H32Cl2N2O3. The summed E-state index contributed by atoms with van der Waals surface area (Å²) in [6.07, 6.45) is 4.19. The van der Waals surface area contributed by atoms with E-state index >= 15 is 0 Å². The Labute approximate surface area is 206 Å². The van der Waals surface area contributed by atoms with Gasteiger partial charge in [-0.3, -0.25) is 9.59 Å². The maximum Gasteiger partial charge on any atom is 0.261 e. The van der Waals surface area contributed by atoms with Crippen LogP contribution in [0.25, 0.3) is 0 Å². The van der Waals surface area contributed by atoms with E-state index < -0.39 is 6.04 Å². The summed E-state index contributed by atoms with van der Waals surface area (Å²) in [4.78, 5) is 27.8. The summed E-state index contributed by atoms with van der Waals surface area (Å²) >= 11 is 12.4. The van der Waals surface area contributed by atoms with E-state index in [-0.39, 0.29) is 31.0 Å². The highest BCUT2D eigenvalue weighted by molar-refractivity contribution is 6.35. The average Bonchev–Trinajstić information content (AvgIpc) is 3.27. The molecule has 0 bridgehead atoms. The molecule has 0 saturated heterocycles. The highest BCUT2D eigenvalue weighted by Crippen LogP contribution is 2.25. The van der Waals surface area contributed by atoms with Crippen molar-refractivity contribution >= 4 is 35.0 Å². The van der Waals surface area contributed by atoms with Gasteiger partial charge in [0.15, 0.2) is 6.61 Å². The molecule has 1 aliphatic carbocycles. The molecule has 2 aromatic carbocycles. The minimum atomic E-state index is -0.672. The number of carbonyl (C=O) groups excluding carboxylic acids is 2. The number of benzene rings is 2. The van der Waals surface area contributed by atoms with Crippen LogP contribution in [0, 0.1) is 20.8 Å². The van der Waals surface area contributed by atoms with E-state index in [0.717, 1.165) is 47.9 Å². The molecule has 0 radical (unpaired) electrons. The van der Waals surface area contributed by atoms with Gasteiger partial charge < -0.3 is 15.0 Å². The number of ether oxygens (including phenoxy) is 1. The zero-order valence-electron chi connectivity index (χ0n) is 19.7. The number of carbonyl (C=O) groups is 2. The summed E-state index contributed by atoms with van der Waals surface area (Å²) in [5.41, 5.74) is 3.88. The molecule has 178 valence electrons. The Hall–Kier alpha value is -2.24. The summed E-state index contributed by atoms with van der Waals surface area (Å²) in [7, 11) is 0. The highest BCUT2D eigenvalue weighted by Gasteiger charge is 2.29. The van der Waals surface area contributed by atoms with Gasteiger partial charge in [0.2, 0.25) is 5.91 Å². The third-order valence-electron chi connectivity index (χ3n) is 6.34. The van der Waals surface area contributed by atoms with Gasteiger partial charge in [-0.05, 0) is 81.0 Å². The molecule has 1 unspecified atom stereocenters. The Balaban J connectivity index is 1.78. The molecule has 1 atom stereocenters. The number of rotatable bonds is 8. The molecule has 0 aliphatic heterocycles. The van der Waals surface area contributed by atoms with Crippen molar-refractivity contribution in [1.29, 1.82) is 0 Å². The fourth-order valence-electron chi connectivity index (χ4n) is 4.18. The van der Waals surface area contributed by atoms with E-state index in [1.165, 1.54) is 4.90 Å². The molecule has 5 nitrogen and oxygen atoms in total. The number of nitrogens with one attached hydrogen (secondary N) is 1. The van der Waals surface area contributed by atoms with Gasteiger partial charge in [-0.1, -0.05) is 48.2 Å². The molecule has 1 saturated carbocycles. The second kappa shape index (κ2) is 11.3. The minimum Gasteiger partial charge on any atom is -0.483 e. The normalized spacial score (nSPS) is 14.7. The van der Waals surface area contributed by atoms with Crippen LogP contribution >= 0.6 is 23.2 Å². The Kier molecular flexibility index (Phi) is 8.66. The fraction of sp³-hybridized carbons (Fsp3) is 0.462. The molecular weight excluding hydrogens is 459 g/mol. The largest absolute Gasteiger partial charge is 0.483 e. The number of hydrogen-bond donors (Lipinski definition) is 1. The van der Waals surface area contributed by atoms with E-state index in [9.17, 15) is 9.59 Å². The van der Waals surface area contributed by atoms with Crippen LogP contribution in [-0.2, 0) is 16.1 Å². The first kappa shape index (κ1) is 25.4. The van der Waals surface area contributed by atoms with Crippen molar-refractivity contribution in [2.45, 2.75) is 72.0 Å². The number of amides is 2. The molecule has 33 heavy (non-hydrogen) atoms. The summed E-state index contributed by atoms with van der Waals surface area (Å²) in [6.45, 7) is 7.73. The summed E-state index contributed by atoms with van der Waals surface area (Å²) in [5, 5.41) is 4.06.